The zero-order valence-electron chi connectivity index (χ0n) is 10.7. The van der Waals surface area contributed by atoms with Crippen LogP contribution >= 0.6 is 0 Å². The van der Waals surface area contributed by atoms with Crippen molar-refractivity contribution in [2.24, 2.45) is 10.7 Å². The maximum Gasteiger partial charge on any atom is 0.104 e. The molecule has 1 fully saturated rings. The van der Waals surface area contributed by atoms with Gasteiger partial charge in [-0.25, -0.2) is 0 Å². The van der Waals surface area contributed by atoms with Crippen LogP contribution in [0.4, 0.5) is 0 Å². The Hall–Kier alpha value is -1.31. The molecule has 2 N–H and O–H groups in total. The monoisotopic (exact) mass is 230 g/mol. The lowest BCUT2D eigenvalue weighted by Crippen LogP contribution is -2.43. The van der Waals surface area contributed by atoms with Gasteiger partial charge in [-0.15, -0.1) is 0 Å². The van der Waals surface area contributed by atoms with Gasteiger partial charge in [0.1, 0.15) is 5.84 Å². The first kappa shape index (κ1) is 12.2. The van der Waals surface area contributed by atoms with Gasteiger partial charge >= 0.3 is 0 Å². The van der Waals surface area contributed by atoms with Crippen molar-refractivity contribution in [2.45, 2.75) is 44.4 Å². The van der Waals surface area contributed by atoms with Crippen LogP contribution in [0.2, 0.25) is 0 Å². The molecule has 92 valence electrons. The molecule has 17 heavy (non-hydrogen) atoms. The second-order valence-corrected chi connectivity index (χ2v) is 4.87. The zero-order valence-corrected chi connectivity index (χ0v) is 10.7. The quantitative estimate of drug-likeness (QED) is 0.628. The second kappa shape index (κ2) is 5.35. The van der Waals surface area contributed by atoms with Gasteiger partial charge < -0.3 is 5.73 Å². The molecule has 1 aliphatic rings. The molecule has 2 heteroatoms. The first-order chi connectivity index (χ1) is 8.29. The van der Waals surface area contributed by atoms with E-state index in [1.807, 2.05) is 6.92 Å². The second-order valence-electron chi connectivity index (χ2n) is 4.87. The molecule has 0 aromatic heterocycles. The molecular weight excluding hydrogens is 208 g/mol. The lowest BCUT2D eigenvalue weighted by atomic mass is 9.68. The van der Waals surface area contributed by atoms with Crippen LogP contribution in [0.3, 0.4) is 0 Å². The fourth-order valence-corrected chi connectivity index (χ4v) is 2.93. The molecule has 0 unspecified atom stereocenters. The van der Waals surface area contributed by atoms with Gasteiger partial charge in [-0.2, -0.15) is 0 Å². The molecule has 2 rings (SSSR count). The normalized spacial score (nSPS) is 20.2. The maximum atomic E-state index is 6.28. The maximum absolute atomic E-state index is 6.28. The molecular formula is C15H22N2. The average Bonchev–Trinajstić information content (AvgIpc) is 2.41. The van der Waals surface area contributed by atoms with Gasteiger partial charge in [-0.3, -0.25) is 4.99 Å². The van der Waals surface area contributed by atoms with Crippen molar-refractivity contribution < 1.29 is 0 Å². The molecule has 0 bridgehead atoms. The fourth-order valence-electron chi connectivity index (χ4n) is 2.93. The van der Waals surface area contributed by atoms with Crippen molar-refractivity contribution in [1.29, 1.82) is 0 Å². The van der Waals surface area contributed by atoms with E-state index < -0.39 is 0 Å². The Morgan fingerprint density at radius 2 is 1.82 bits per heavy atom. The number of amidine groups is 1. The van der Waals surface area contributed by atoms with Crippen LogP contribution in [-0.2, 0) is 5.41 Å². The molecule has 0 amide bonds. The SMILES string of the molecule is CCN=C(N)C1(c2ccccc2)CCCCC1. The van der Waals surface area contributed by atoms with Gasteiger partial charge in [-0.05, 0) is 25.3 Å². The predicted molar refractivity (Wildman–Crippen MR) is 73.4 cm³/mol. The van der Waals surface area contributed by atoms with E-state index in [4.69, 9.17) is 5.73 Å². The van der Waals surface area contributed by atoms with Crippen LogP contribution in [0.1, 0.15) is 44.6 Å². The topological polar surface area (TPSA) is 38.4 Å². The number of benzene rings is 1. The lowest BCUT2D eigenvalue weighted by Gasteiger charge is -2.37. The molecule has 0 heterocycles. The average molecular weight is 230 g/mol. The molecule has 1 aromatic rings. The Balaban J connectivity index is 2.40. The molecule has 0 saturated heterocycles. The van der Waals surface area contributed by atoms with Gasteiger partial charge in [0.25, 0.3) is 0 Å². The summed E-state index contributed by atoms with van der Waals surface area (Å²) in [7, 11) is 0. The summed E-state index contributed by atoms with van der Waals surface area (Å²) in [6.07, 6.45) is 6.14. The Morgan fingerprint density at radius 3 is 2.41 bits per heavy atom. The highest BCUT2D eigenvalue weighted by Gasteiger charge is 2.37. The minimum Gasteiger partial charge on any atom is -0.387 e. The van der Waals surface area contributed by atoms with Gasteiger partial charge in [0.15, 0.2) is 0 Å². The van der Waals surface area contributed by atoms with Crippen LogP contribution in [0.25, 0.3) is 0 Å². The minimum absolute atomic E-state index is 0.00944. The highest BCUT2D eigenvalue weighted by atomic mass is 14.9. The Bertz CT molecular complexity index is 375. The summed E-state index contributed by atoms with van der Waals surface area (Å²) in [5.74, 6) is 0.839. The van der Waals surface area contributed by atoms with Gasteiger partial charge in [0.05, 0.1) is 5.41 Å². The lowest BCUT2D eigenvalue weighted by molar-refractivity contribution is 0.377. The van der Waals surface area contributed by atoms with Gasteiger partial charge in [0, 0.05) is 6.54 Å². The van der Waals surface area contributed by atoms with Crippen molar-refractivity contribution in [1.82, 2.24) is 0 Å². The minimum atomic E-state index is 0.00944. The van der Waals surface area contributed by atoms with E-state index in [1.54, 1.807) is 0 Å². The van der Waals surface area contributed by atoms with E-state index in [0.29, 0.717) is 0 Å². The molecule has 0 radical (unpaired) electrons. The van der Waals surface area contributed by atoms with Crippen LogP contribution in [0, 0.1) is 0 Å². The van der Waals surface area contributed by atoms with Gasteiger partial charge in [0.2, 0.25) is 0 Å². The van der Waals surface area contributed by atoms with E-state index in [0.717, 1.165) is 25.2 Å². The zero-order chi connectivity index (χ0) is 12.1. The molecule has 0 spiro atoms. The Kier molecular flexibility index (Phi) is 3.82. The summed E-state index contributed by atoms with van der Waals surface area (Å²) in [6, 6.07) is 10.7. The van der Waals surface area contributed by atoms with Crippen LogP contribution < -0.4 is 5.73 Å². The first-order valence-electron chi connectivity index (χ1n) is 6.65. The van der Waals surface area contributed by atoms with E-state index in [1.165, 1.54) is 24.8 Å². The van der Waals surface area contributed by atoms with E-state index >= 15 is 0 Å². The third-order valence-electron chi connectivity index (χ3n) is 3.85. The molecule has 2 nitrogen and oxygen atoms in total. The van der Waals surface area contributed by atoms with Gasteiger partial charge in [-0.1, -0.05) is 49.6 Å². The fraction of sp³-hybridized carbons (Fsp3) is 0.533. The summed E-state index contributed by atoms with van der Waals surface area (Å²) in [5.41, 5.74) is 7.63. The number of nitrogens with two attached hydrogens (primary N) is 1. The number of nitrogens with zero attached hydrogens (tertiary/aromatic N) is 1. The van der Waals surface area contributed by atoms with Crippen molar-refractivity contribution in [3.63, 3.8) is 0 Å². The molecule has 0 aliphatic heterocycles. The standard InChI is InChI=1S/C15H22N2/c1-2-17-14(16)15(11-7-4-8-12-15)13-9-5-3-6-10-13/h3,5-6,9-10H,2,4,7-8,11-12H2,1H3,(H2,16,17). The van der Waals surface area contributed by atoms with E-state index in [-0.39, 0.29) is 5.41 Å². The van der Waals surface area contributed by atoms with Crippen molar-refractivity contribution >= 4 is 5.84 Å². The van der Waals surface area contributed by atoms with E-state index in [9.17, 15) is 0 Å². The smallest absolute Gasteiger partial charge is 0.104 e. The highest BCUT2D eigenvalue weighted by molar-refractivity contribution is 5.91. The van der Waals surface area contributed by atoms with Crippen LogP contribution in [0.15, 0.2) is 35.3 Å². The predicted octanol–water partition coefficient (Wildman–Crippen LogP) is 3.27. The number of hydrogen-bond donors (Lipinski definition) is 1. The summed E-state index contributed by atoms with van der Waals surface area (Å²) in [4.78, 5) is 4.49. The Morgan fingerprint density at radius 1 is 1.18 bits per heavy atom. The van der Waals surface area contributed by atoms with Crippen LogP contribution in [-0.4, -0.2) is 12.4 Å². The molecule has 1 aliphatic carbocycles. The van der Waals surface area contributed by atoms with E-state index in [2.05, 4.69) is 35.3 Å². The highest BCUT2D eigenvalue weighted by Crippen LogP contribution is 2.39. The van der Waals surface area contributed by atoms with Crippen LogP contribution in [0.5, 0.6) is 0 Å². The molecule has 0 atom stereocenters. The number of aliphatic imine (C=N–C) groups is 1. The summed E-state index contributed by atoms with van der Waals surface area (Å²) in [6.45, 7) is 2.83. The molecule has 1 saturated carbocycles. The van der Waals surface area contributed by atoms with Crippen molar-refractivity contribution in [2.75, 3.05) is 6.54 Å². The number of hydrogen-bond acceptors (Lipinski definition) is 1. The Labute approximate surface area is 104 Å². The molecule has 1 aromatic carbocycles. The first-order valence-corrected chi connectivity index (χ1v) is 6.65. The largest absolute Gasteiger partial charge is 0.387 e. The third kappa shape index (κ3) is 2.36. The number of rotatable bonds is 3. The van der Waals surface area contributed by atoms with Crippen molar-refractivity contribution in [3.8, 4) is 0 Å². The summed E-state index contributed by atoms with van der Waals surface area (Å²) >= 11 is 0. The van der Waals surface area contributed by atoms with Crippen molar-refractivity contribution in [3.05, 3.63) is 35.9 Å². The third-order valence-corrected chi connectivity index (χ3v) is 3.85. The summed E-state index contributed by atoms with van der Waals surface area (Å²) < 4.78 is 0. The summed E-state index contributed by atoms with van der Waals surface area (Å²) in [5, 5.41) is 0.